The highest BCUT2D eigenvalue weighted by molar-refractivity contribution is 7.92. The Morgan fingerprint density at radius 1 is 1.07 bits per heavy atom. The van der Waals surface area contributed by atoms with Crippen LogP contribution in [0.1, 0.15) is 43.0 Å². The fourth-order valence-corrected chi connectivity index (χ4v) is 4.70. The molecular formula is C20H23ClN2O3S. The van der Waals surface area contributed by atoms with Crippen LogP contribution in [0.25, 0.3) is 0 Å². The molecule has 0 radical (unpaired) electrons. The van der Waals surface area contributed by atoms with E-state index in [4.69, 9.17) is 11.6 Å². The molecule has 3 rings (SSSR count). The number of para-hydroxylation sites is 1. The molecule has 1 saturated carbocycles. The minimum absolute atomic E-state index is 0.0202. The lowest BCUT2D eigenvalue weighted by molar-refractivity contribution is 0.0910. The molecule has 1 aliphatic carbocycles. The smallest absolute Gasteiger partial charge is 0.261 e. The first kappa shape index (κ1) is 19.7. The van der Waals surface area contributed by atoms with Crippen LogP contribution >= 0.6 is 11.6 Å². The molecule has 0 bridgehead atoms. The van der Waals surface area contributed by atoms with Crippen LogP contribution in [0.15, 0.2) is 53.4 Å². The number of halogens is 1. The SMILES string of the molecule is C[C@H]1CCCC[C@@H]1NC(=O)c1cccc(S(=O)(=O)Nc2ccccc2Cl)c1. The molecule has 0 aliphatic heterocycles. The monoisotopic (exact) mass is 406 g/mol. The highest BCUT2D eigenvalue weighted by Crippen LogP contribution is 2.25. The topological polar surface area (TPSA) is 75.3 Å². The molecule has 2 atom stereocenters. The number of carbonyl (C=O) groups excluding carboxylic acids is 1. The van der Waals surface area contributed by atoms with Crippen molar-refractivity contribution >= 4 is 33.2 Å². The summed E-state index contributed by atoms with van der Waals surface area (Å²) in [6, 6.07) is 12.8. The molecule has 2 N–H and O–H groups in total. The molecular weight excluding hydrogens is 384 g/mol. The number of anilines is 1. The van der Waals surface area contributed by atoms with Gasteiger partial charge in [-0.25, -0.2) is 8.42 Å². The predicted octanol–water partition coefficient (Wildman–Crippen LogP) is 4.45. The highest BCUT2D eigenvalue weighted by Gasteiger charge is 2.24. The summed E-state index contributed by atoms with van der Waals surface area (Å²) in [6.07, 6.45) is 4.35. The fourth-order valence-electron chi connectivity index (χ4n) is 3.33. The van der Waals surface area contributed by atoms with E-state index in [2.05, 4.69) is 17.0 Å². The minimum Gasteiger partial charge on any atom is -0.349 e. The van der Waals surface area contributed by atoms with E-state index in [1.54, 1.807) is 36.4 Å². The summed E-state index contributed by atoms with van der Waals surface area (Å²) in [5.74, 6) is 0.181. The van der Waals surface area contributed by atoms with Crippen molar-refractivity contribution in [2.75, 3.05) is 4.72 Å². The second-order valence-electron chi connectivity index (χ2n) is 6.95. The Bertz CT molecular complexity index is 930. The van der Waals surface area contributed by atoms with Gasteiger partial charge in [0.25, 0.3) is 15.9 Å². The lowest BCUT2D eigenvalue weighted by atomic mass is 9.86. The van der Waals surface area contributed by atoms with Gasteiger partial charge < -0.3 is 5.32 Å². The van der Waals surface area contributed by atoms with Crippen molar-refractivity contribution in [1.29, 1.82) is 0 Å². The van der Waals surface area contributed by atoms with Gasteiger partial charge in [0.2, 0.25) is 0 Å². The van der Waals surface area contributed by atoms with Crippen LogP contribution in [0.3, 0.4) is 0 Å². The van der Waals surface area contributed by atoms with Gasteiger partial charge in [0, 0.05) is 11.6 Å². The maximum Gasteiger partial charge on any atom is 0.261 e. The number of carbonyl (C=O) groups is 1. The predicted molar refractivity (Wildman–Crippen MR) is 108 cm³/mol. The largest absolute Gasteiger partial charge is 0.349 e. The zero-order valence-electron chi connectivity index (χ0n) is 15.1. The van der Waals surface area contributed by atoms with E-state index in [9.17, 15) is 13.2 Å². The van der Waals surface area contributed by atoms with Gasteiger partial charge in [0.1, 0.15) is 0 Å². The second-order valence-corrected chi connectivity index (χ2v) is 9.04. The molecule has 5 nitrogen and oxygen atoms in total. The van der Waals surface area contributed by atoms with Gasteiger partial charge in [0.15, 0.2) is 0 Å². The Morgan fingerprint density at radius 2 is 1.81 bits per heavy atom. The van der Waals surface area contributed by atoms with E-state index in [1.807, 2.05) is 0 Å². The lowest BCUT2D eigenvalue weighted by Gasteiger charge is -2.29. The van der Waals surface area contributed by atoms with Crippen LogP contribution in [-0.4, -0.2) is 20.4 Å². The number of amides is 1. The highest BCUT2D eigenvalue weighted by atomic mass is 35.5. The summed E-state index contributed by atoms with van der Waals surface area (Å²) in [5, 5.41) is 3.35. The molecule has 1 aliphatic rings. The van der Waals surface area contributed by atoms with E-state index < -0.39 is 10.0 Å². The Balaban J connectivity index is 1.78. The maximum atomic E-state index is 12.7. The number of sulfonamides is 1. The van der Waals surface area contributed by atoms with Crippen LogP contribution < -0.4 is 10.0 Å². The van der Waals surface area contributed by atoms with Crippen molar-refractivity contribution in [2.24, 2.45) is 5.92 Å². The third kappa shape index (κ3) is 4.82. The third-order valence-corrected chi connectivity index (χ3v) is 6.65. The summed E-state index contributed by atoms with van der Waals surface area (Å²) in [5.41, 5.74) is 0.625. The van der Waals surface area contributed by atoms with Gasteiger partial charge in [-0.3, -0.25) is 9.52 Å². The van der Waals surface area contributed by atoms with E-state index in [1.165, 1.54) is 18.6 Å². The Labute approximate surface area is 165 Å². The van der Waals surface area contributed by atoms with Crippen LogP contribution in [0, 0.1) is 5.92 Å². The summed E-state index contributed by atoms with van der Waals surface area (Å²) >= 11 is 6.03. The molecule has 0 aromatic heterocycles. The fraction of sp³-hybridized carbons (Fsp3) is 0.350. The third-order valence-electron chi connectivity index (χ3n) is 4.95. The molecule has 1 amide bonds. The Hall–Kier alpha value is -2.05. The number of benzene rings is 2. The van der Waals surface area contributed by atoms with E-state index in [0.29, 0.717) is 22.2 Å². The van der Waals surface area contributed by atoms with Gasteiger partial charge in [0.05, 0.1) is 15.6 Å². The molecule has 2 aromatic rings. The van der Waals surface area contributed by atoms with Crippen LogP contribution in [-0.2, 0) is 10.0 Å². The molecule has 0 spiro atoms. The molecule has 27 heavy (non-hydrogen) atoms. The van der Waals surface area contributed by atoms with Crippen LogP contribution in [0.2, 0.25) is 5.02 Å². The summed E-state index contributed by atoms with van der Waals surface area (Å²) in [6.45, 7) is 2.14. The van der Waals surface area contributed by atoms with Crippen molar-refractivity contribution < 1.29 is 13.2 Å². The second kappa shape index (κ2) is 8.31. The van der Waals surface area contributed by atoms with Crippen molar-refractivity contribution in [1.82, 2.24) is 5.32 Å². The Kier molecular flexibility index (Phi) is 6.07. The van der Waals surface area contributed by atoms with Crippen molar-refractivity contribution in [3.05, 3.63) is 59.1 Å². The molecule has 144 valence electrons. The van der Waals surface area contributed by atoms with Crippen molar-refractivity contribution in [3.63, 3.8) is 0 Å². The van der Waals surface area contributed by atoms with E-state index in [-0.39, 0.29) is 16.8 Å². The van der Waals surface area contributed by atoms with Crippen molar-refractivity contribution in [3.8, 4) is 0 Å². The molecule has 0 unspecified atom stereocenters. The molecule has 7 heteroatoms. The van der Waals surface area contributed by atoms with Crippen LogP contribution in [0.4, 0.5) is 5.69 Å². The molecule has 1 fully saturated rings. The Morgan fingerprint density at radius 3 is 2.56 bits per heavy atom. The van der Waals surface area contributed by atoms with E-state index in [0.717, 1.165) is 19.3 Å². The number of hydrogen-bond donors (Lipinski definition) is 2. The molecule has 0 heterocycles. The average Bonchev–Trinajstić information content (AvgIpc) is 2.65. The van der Waals surface area contributed by atoms with Gasteiger partial charge in [-0.05, 0) is 49.1 Å². The lowest BCUT2D eigenvalue weighted by Crippen LogP contribution is -2.41. The maximum absolute atomic E-state index is 12.7. The van der Waals surface area contributed by atoms with Crippen LogP contribution in [0.5, 0.6) is 0 Å². The van der Waals surface area contributed by atoms with Crippen molar-refractivity contribution in [2.45, 2.75) is 43.5 Å². The van der Waals surface area contributed by atoms with E-state index >= 15 is 0 Å². The standard InChI is InChI=1S/C20H23ClN2O3S/c1-14-7-2-4-11-18(14)22-20(24)15-8-6-9-16(13-15)27(25,26)23-19-12-5-3-10-17(19)21/h3,5-6,8-10,12-14,18,23H,2,4,7,11H2,1H3,(H,22,24)/t14-,18-/m0/s1. The minimum atomic E-state index is -3.85. The summed E-state index contributed by atoms with van der Waals surface area (Å²) in [4.78, 5) is 12.6. The normalized spacial score (nSPS) is 20.1. The number of nitrogens with one attached hydrogen (secondary N) is 2. The number of rotatable bonds is 5. The first-order valence-corrected chi connectivity index (χ1v) is 10.9. The van der Waals surface area contributed by atoms with Gasteiger partial charge >= 0.3 is 0 Å². The van der Waals surface area contributed by atoms with Gasteiger partial charge in [-0.15, -0.1) is 0 Å². The zero-order valence-corrected chi connectivity index (χ0v) is 16.7. The molecule has 0 saturated heterocycles. The summed E-state index contributed by atoms with van der Waals surface area (Å²) in [7, 11) is -3.85. The average molecular weight is 407 g/mol. The first-order chi connectivity index (χ1) is 12.9. The molecule has 2 aromatic carbocycles. The summed E-state index contributed by atoms with van der Waals surface area (Å²) < 4.78 is 27.8. The van der Waals surface area contributed by atoms with Gasteiger partial charge in [-0.1, -0.05) is 49.6 Å². The van der Waals surface area contributed by atoms with Gasteiger partial charge in [-0.2, -0.15) is 0 Å². The first-order valence-electron chi connectivity index (χ1n) is 9.05. The number of hydrogen-bond acceptors (Lipinski definition) is 3. The quantitative estimate of drug-likeness (QED) is 0.770. The zero-order chi connectivity index (χ0) is 19.4.